The maximum absolute atomic E-state index is 13.4. The zero-order valence-corrected chi connectivity index (χ0v) is 26.4. The maximum Gasteiger partial charge on any atom is 0.234 e. The van der Waals surface area contributed by atoms with Crippen LogP contribution in [0.4, 0.5) is 5.69 Å². The number of imidazole rings is 1. The van der Waals surface area contributed by atoms with Crippen molar-refractivity contribution in [2.24, 2.45) is 5.73 Å². The lowest BCUT2D eigenvalue weighted by Gasteiger charge is -2.33. The van der Waals surface area contributed by atoms with Crippen LogP contribution in [-0.4, -0.2) is 64.9 Å². The zero-order valence-electron chi connectivity index (χ0n) is 25.6. The van der Waals surface area contributed by atoms with E-state index in [2.05, 4.69) is 65.3 Å². The number of rotatable bonds is 10. The molecule has 2 atom stereocenters. The predicted molar refractivity (Wildman–Crippen MR) is 177 cm³/mol. The number of nitrogens with two attached hydrogens (primary N) is 1. The van der Waals surface area contributed by atoms with Crippen LogP contribution in [0.15, 0.2) is 65.6 Å². The Kier molecular flexibility index (Phi) is 9.35. The average Bonchev–Trinajstić information content (AvgIpc) is 3.41. The van der Waals surface area contributed by atoms with Crippen molar-refractivity contribution in [3.05, 3.63) is 77.6 Å². The molecule has 4 aromatic rings. The molecule has 1 aromatic heterocycles. The lowest BCUT2D eigenvalue weighted by atomic mass is 9.95. The van der Waals surface area contributed by atoms with E-state index in [0.29, 0.717) is 31.7 Å². The minimum atomic E-state index is -0.251. The molecule has 1 fully saturated rings. The van der Waals surface area contributed by atoms with Crippen LogP contribution in [0.5, 0.6) is 0 Å². The van der Waals surface area contributed by atoms with Gasteiger partial charge in [-0.05, 0) is 73.1 Å². The summed E-state index contributed by atoms with van der Waals surface area (Å²) in [4.78, 5) is 33.3. The normalized spacial score (nSPS) is 17.4. The number of carbonyl (C=O) groups is 2. The first-order chi connectivity index (χ1) is 21.4. The Bertz CT molecular complexity index is 1650. The highest BCUT2D eigenvalue weighted by atomic mass is 32.2. The van der Waals surface area contributed by atoms with E-state index in [-0.39, 0.29) is 23.8 Å². The van der Waals surface area contributed by atoms with Gasteiger partial charge in [-0.2, -0.15) is 0 Å². The molecule has 9 heteroatoms. The first kappa shape index (κ1) is 30.4. The second-order valence-electron chi connectivity index (χ2n) is 12.0. The van der Waals surface area contributed by atoms with Gasteiger partial charge in [0.1, 0.15) is 5.82 Å². The number of ether oxygens (including phenoxy) is 1. The number of thioether (sulfide) groups is 1. The molecule has 230 valence electrons. The summed E-state index contributed by atoms with van der Waals surface area (Å²) >= 11 is 1.57. The second kappa shape index (κ2) is 13.5. The Morgan fingerprint density at radius 1 is 1.16 bits per heavy atom. The van der Waals surface area contributed by atoms with Gasteiger partial charge < -0.3 is 25.3 Å². The van der Waals surface area contributed by atoms with Gasteiger partial charge >= 0.3 is 0 Å². The highest BCUT2D eigenvalue weighted by molar-refractivity contribution is 8.00. The van der Waals surface area contributed by atoms with E-state index in [1.54, 1.807) is 18.9 Å². The Labute approximate surface area is 263 Å². The molecule has 3 heterocycles. The van der Waals surface area contributed by atoms with Crippen molar-refractivity contribution in [1.29, 1.82) is 0 Å². The molecule has 8 nitrogen and oxygen atoms in total. The Hall–Kier alpha value is -3.66. The second-order valence-corrected chi connectivity index (χ2v) is 13.0. The average molecular weight is 612 g/mol. The van der Waals surface area contributed by atoms with E-state index < -0.39 is 0 Å². The van der Waals surface area contributed by atoms with Crippen LogP contribution >= 0.6 is 11.8 Å². The number of carbonyl (C=O) groups excluding carboxylic acids is 2. The first-order valence-corrected chi connectivity index (χ1v) is 16.5. The van der Waals surface area contributed by atoms with Crippen LogP contribution in [-0.2, 0) is 27.3 Å². The maximum atomic E-state index is 13.4. The molecular weight excluding hydrogens is 570 g/mol. The quantitative estimate of drug-likeness (QED) is 0.221. The molecule has 2 aliphatic heterocycles. The fourth-order valence-corrected chi connectivity index (χ4v) is 7.29. The van der Waals surface area contributed by atoms with E-state index in [9.17, 15) is 9.59 Å². The van der Waals surface area contributed by atoms with Gasteiger partial charge in [-0.1, -0.05) is 42.5 Å². The minimum absolute atomic E-state index is 0.0409. The number of likely N-dealkylation sites (tertiary alicyclic amines) is 1. The molecule has 2 amide bonds. The molecule has 0 saturated carbocycles. The Morgan fingerprint density at radius 3 is 2.80 bits per heavy atom. The van der Waals surface area contributed by atoms with Gasteiger partial charge in [0.2, 0.25) is 11.8 Å². The fourth-order valence-electron chi connectivity index (χ4n) is 6.45. The van der Waals surface area contributed by atoms with Gasteiger partial charge in [0.05, 0.1) is 22.5 Å². The highest BCUT2D eigenvalue weighted by Gasteiger charge is 2.29. The number of fused-ring (bicyclic) bond motifs is 2. The van der Waals surface area contributed by atoms with E-state index in [0.717, 1.165) is 76.5 Å². The standard InChI is InChI=1S/C35H41N5O3S/c1-23-6-3-8-30-34(23)38-35(40(30)16-5-17-43-2)27-7-4-15-39(21-27)33(42)20-28(36)18-24-9-11-25(12-10-24)26-13-14-29-31(19-26)44-22-32(41)37-29/h3,6,8-14,19,27-28H,4-5,7,15-18,20-22,36H2,1-2H3,(H,37,41). The van der Waals surface area contributed by atoms with Gasteiger partial charge in [0.15, 0.2) is 0 Å². The molecule has 3 N–H and O–H groups in total. The Morgan fingerprint density at radius 2 is 1.98 bits per heavy atom. The summed E-state index contributed by atoms with van der Waals surface area (Å²) < 4.78 is 7.67. The number of anilines is 1. The van der Waals surface area contributed by atoms with Crippen LogP contribution in [0.3, 0.4) is 0 Å². The van der Waals surface area contributed by atoms with E-state index in [1.165, 1.54) is 5.56 Å². The lowest BCUT2D eigenvalue weighted by molar-refractivity contribution is -0.132. The van der Waals surface area contributed by atoms with Gasteiger partial charge in [-0.25, -0.2) is 4.98 Å². The fraction of sp³-hybridized carbons (Fsp3) is 0.400. The van der Waals surface area contributed by atoms with Crippen LogP contribution in [0.25, 0.3) is 22.2 Å². The van der Waals surface area contributed by atoms with E-state index in [4.69, 9.17) is 15.5 Å². The molecule has 0 radical (unpaired) electrons. The predicted octanol–water partition coefficient (Wildman–Crippen LogP) is 5.76. The molecule has 1 saturated heterocycles. The number of para-hydroxylation sites is 1. The number of hydrogen-bond acceptors (Lipinski definition) is 6. The summed E-state index contributed by atoms with van der Waals surface area (Å²) in [5, 5.41) is 2.93. The van der Waals surface area contributed by atoms with Gasteiger partial charge in [0.25, 0.3) is 0 Å². The summed E-state index contributed by atoms with van der Waals surface area (Å²) in [6.45, 7) is 5.10. The summed E-state index contributed by atoms with van der Waals surface area (Å²) in [5.74, 6) is 1.88. The van der Waals surface area contributed by atoms with Crippen molar-refractivity contribution in [3.63, 3.8) is 0 Å². The van der Waals surface area contributed by atoms with Crippen molar-refractivity contribution in [2.45, 2.75) is 62.4 Å². The van der Waals surface area contributed by atoms with Gasteiger partial charge in [-0.3, -0.25) is 9.59 Å². The molecule has 2 aliphatic rings. The minimum Gasteiger partial charge on any atom is -0.385 e. The van der Waals surface area contributed by atoms with Crippen LogP contribution in [0.2, 0.25) is 0 Å². The van der Waals surface area contributed by atoms with Crippen molar-refractivity contribution in [1.82, 2.24) is 14.5 Å². The molecule has 2 unspecified atom stereocenters. The summed E-state index contributed by atoms with van der Waals surface area (Å²) in [7, 11) is 1.74. The van der Waals surface area contributed by atoms with Crippen molar-refractivity contribution in [3.8, 4) is 11.1 Å². The number of aromatic nitrogens is 2. The third-order valence-corrected chi connectivity index (χ3v) is 9.77. The number of amides is 2. The topological polar surface area (TPSA) is 102 Å². The first-order valence-electron chi connectivity index (χ1n) is 15.5. The number of nitrogens with zero attached hydrogens (tertiary/aromatic N) is 3. The highest BCUT2D eigenvalue weighted by Crippen LogP contribution is 2.35. The number of piperidine rings is 1. The van der Waals surface area contributed by atoms with E-state index in [1.807, 2.05) is 17.0 Å². The molecule has 3 aromatic carbocycles. The molecule has 6 rings (SSSR count). The molecule has 0 aliphatic carbocycles. The number of hydrogen-bond donors (Lipinski definition) is 2. The van der Waals surface area contributed by atoms with E-state index >= 15 is 0 Å². The summed E-state index contributed by atoms with van der Waals surface area (Å²) in [6.07, 6.45) is 3.86. The third kappa shape index (κ3) is 6.70. The van der Waals surface area contributed by atoms with Gasteiger partial charge in [0, 0.05) is 56.6 Å². The lowest BCUT2D eigenvalue weighted by Crippen LogP contribution is -2.42. The SMILES string of the molecule is COCCCn1c(C2CCCN(C(=O)CC(N)Cc3ccc(-c4ccc5c(c4)SCC(=O)N5)cc3)C2)nc2c(C)cccc21. The molecular formula is C35H41N5O3S. The number of nitrogens with one attached hydrogen (secondary N) is 1. The monoisotopic (exact) mass is 611 g/mol. The van der Waals surface area contributed by atoms with Gasteiger partial charge in [-0.15, -0.1) is 11.8 Å². The van der Waals surface area contributed by atoms with Crippen molar-refractivity contribution in [2.75, 3.05) is 37.9 Å². The zero-order chi connectivity index (χ0) is 30.6. The number of benzene rings is 3. The van der Waals surface area contributed by atoms with Crippen LogP contribution in [0, 0.1) is 6.92 Å². The summed E-state index contributed by atoms with van der Waals surface area (Å²) in [5.41, 5.74) is 14.1. The summed E-state index contributed by atoms with van der Waals surface area (Å²) in [6, 6.07) is 20.6. The molecule has 44 heavy (non-hydrogen) atoms. The molecule has 0 bridgehead atoms. The molecule has 0 spiro atoms. The van der Waals surface area contributed by atoms with Crippen molar-refractivity contribution < 1.29 is 14.3 Å². The number of methoxy groups -OCH3 is 1. The Balaban J connectivity index is 1.08. The van der Waals surface area contributed by atoms with Crippen LogP contribution < -0.4 is 11.1 Å². The van der Waals surface area contributed by atoms with Crippen LogP contribution in [0.1, 0.15) is 48.6 Å². The number of aryl methyl sites for hydroxylation is 2. The largest absolute Gasteiger partial charge is 0.385 e. The van der Waals surface area contributed by atoms with Crippen molar-refractivity contribution >= 4 is 40.3 Å². The smallest absolute Gasteiger partial charge is 0.234 e. The third-order valence-electron chi connectivity index (χ3n) is 8.72.